The Morgan fingerprint density at radius 3 is 2.76 bits per heavy atom. The molecular weight excluding hydrogens is 270 g/mol. The highest BCUT2D eigenvalue weighted by atomic mass is 16.6. The zero-order valence-electron chi connectivity index (χ0n) is 12.7. The van der Waals surface area contributed by atoms with E-state index in [-0.39, 0.29) is 10.6 Å². The molecule has 1 aliphatic rings. The number of anilines is 2. The maximum absolute atomic E-state index is 11.2. The third-order valence-electron chi connectivity index (χ3n) is 3.72. The van der Waals surface area contributed by atoms with Crippen molar-refractivity contribution in [2.24, 2.45) is 0 Å². The van der Waals surface area contributed by atoms with Gasteiger partial charge in [0.05, 0.1) is 4.92 Å². The smallest absolute Gasteiger partial charge is 0.311 e. The summed E-state index contributed by atoms with van der Waals surface area (Å²) in [5.74, 6) is 1.10. The van der Waals surface area contributed by atoms with Crippen LogP contribution in [0.25, 0.3) is 0 Å². The first kappa shape index (κ1) is 15.5. The Hall–Kier alpha value is -1.89. The molecule has 2 heterocycles. The van der Waals surface area contributed by atoms with E-state index in [9.17, 15) is 10.1 Å². The number of hydrogen-bond acceptors (Lipinski definition) is 6. The molecule has 0 spiro atoms. The number of likely N-dealkylation sites (N-methyl/N-ethyl adjacent to an activating group) is 1. The summed E-state index contributed by atoms with van der Waals surface area (Å²) in [6.45, 7) is 6.62. The van der Waals surface area contributed by atoms with E-state index in [1.54, 1.807) is 6.07 Å². The van der Waals surface area contributed by atoms with Crippen molar-refractivity contribution in [3.8, 4) is 0 Å². The molecule has 1 aromatic heterocycles. The summed E-state index contributed by atoms with van der Waals surface area (Å²) in [5, 5.41) is 14.3. The fourth-order valence-corrected chi connectivity index (χ4v) is 2.55. The number of hydrogen-bond donors (Lipinski definition) is 1. The van der Waals surface area contributed by atoms with E-state index in [1.165, 1.54) is 18.9 Å². The van der Waals surface area contributed by atoms with Crippen LogP contribution in [0.15, 0.2) is 12.1 Å². The minimum absolute atomic E-state index is 0.0561. The highest BCUT2D eigenvalue weighted by molar-refractivity contribution is 5.61. The van der Waals surface area contributed by atoms with Gasteiger partial charge in [-0.05, 0) is 38.9 Å². The molecule has 1 fully saturated rings. The Labute approximate surface area is 125 Å². The van der Waals surface area contributed by atoms with E-state index >= 15 is 0 Å². The number of nitrogens with one attached hydrogen (secondary N) is 1. The van der Waals surface area contributed by atoms with Gasteiger partial charge in [0.2, 0.25) is 5.82 Å². The van der Waals surface area contributed by atoms with Gasteiger partial charge in [-0.25, -0.2) is 4.98 Å². The molecule has 21 heavy (non-hydrogen) atoms. The monoisotopic (exact) mass is 293 g/mol. The minimum atomic E-state index is -0.371. The lowest BCUT2D eigenvalue weighted by Gasteiger charge is -2.22. The molecular formula is C14H23N5O2. The maximum atomic E-state index is 11.2. The molecule has 0 amide bonds. The highest BCUT2D eigenvalue weighted by Crippen LogP contribution is 2.26. The molecule has 0 atom stereocenters. The number of nitro groups is 1. The largest absolute Gasteiger partial charge is 0.370 e. The van der Waals surface area contributed by atoms with Crippen LogP contribution in [0.1, 0.15) is 19.8 Å². The zero-order chi connectivity index (χ0) is 15.2. The topological polar surface area (TPSA) is 74.5 Å². The van der Waals surface area contributed by atoms with Crippen molar-refractivity contribution in [1.82, 2.24) is 9.88 Å². The number of pyridine rings is 1. The second-order valence-electron chi connectivity index (χ2n) is 5.30. The SMILES string of the molecule is CCNc1ccc([N+](=O)[O-])c(N(C)CCN2CCCC2)n1. The van der Waals surface area contributed by atoms with Crippen molar-refractivity contribution in [1.29, 1.82) is 0 Å². The van der Waals surface area contributed by atoms with Gasteiger partial charge in [0.15, 0.2) is 0 Å². The van der Waals surface area contributed by atoms with Crippen LogP contribution in [0, 0.1) is 10.1 Å². The lowest BCUT2D eigenvalue weighted by Crippen LogP contribution is -2.32. The molecule has 0 unspecified atom stereocenters. The Morgan fingerprint density at radius 1 is 1.43 bits per heavy atom. The van der Waals surface area contributed by atoms with Crippen LogP contribution in [0.4, 0.5) is 17.3 Å². The Morgan fingerprint density at radius 2 is 2.14 bits per heavy atom. The van der Waals surface area contributed by atoms with E-state index < -0.39 is 0 Å². The Bertz CT molecular complexity index is 488. The Balaban J connectivity index is 2.10. The van der Waals surface area contributed by atoms with Gasteiger partial charge < -0.3 is 15.1 Å². The molecule has 1 aromatic rings. The molecule has 7 heteroatoms. The van der Waals surface area contributed by atoms with Gasteiger partial charge >= 0.3 is 5.69 Å². The second-order valence-corrected chi connectivity index (χ2v) is 5.30. The summed E-state index contributed by atoms with van der Waals surface area (Å²) in [7, 11) is 1.86. The van der Waals surface area contributed by atoms with Crippen LogP contribution in [0.3, 0.4) is 0 Å². The third kappa shape index (κ3) is 4.04. The molecule has 0 aromatic carbocycles. The number of nitrogens with zero attached hydrogens (tertiary/aromatic N) is 4. The fourth-order valence-electron chi connectivity index (χ4n) is 2.55. The van der Waals surface area contributed by atoms with E-state index in [4.69, 9.17) is 0 Å². The molecule has 0 bridgehead atoms. The minimum Gasteiger partial charge on any atom is -0.370 e. The van der Waals surface area contributed by atoms with Crippen LogP contribution in [-0.2, 0) is 0 Å². The molecule has 1 N–H and O–H groups in total. The second kappa shape index (κ2) is 7.21. The van der Waals surface area contributed by atoms with E-state index in [1.807, 2.05) is 18.9 Å². The molecule has 0 aliphatic carbocycles. The molecule has 0 radical (unpaired) electrons. The standard InChI is InChI=1S/C14H23N5O2/c1-3-15-13-7-6-12(19(20)21)14(16-13)17(2)10-11-18-8-4-5-9-18/h6-7H,3-5,8-11H2,1-2H3,(H,15,16). The van der Waals surface area contributed by atoms with Crippen molar-refractivity contribution in [3.05, 3.63) is 22.2 Å². The lowest BCUT2D eigenvalue weighted by atomic mass is 10.3. The number of rotatable bonds is 7. The van der Waals surface area contributed by atoms with Crippen LogP contribution in [0.2, 0.25) is 0 Å². The van der Waals surface area contributed by atoms with E-state index in [0.717, 1.165) is 32.7 Å². The van der Waals surface area contributed by atoms with E-state index in [0.29, 0.717) is 11.6 Å². The molecule has 7 nitrogen and oxygen atoms in total. The number of aromatic nitrogens is 1. The van der Waals surface area contributed by atoms with Gasteiger partial charge in [-0.1, -0.05) is 0 Å². The van der Waals surface area contributed by atoms with Gasteiger partial charge in [0.1, 0.15) is 5.82 Å². The summed E-state index contributed by atoms with van der Waals surface area (Å²) in [4.78, 5) is 19.4. The van der Waals surface area contributed by atoms with Gasteiger partial charge in [0.25, 0.3) is 0 Å². The molecule has 116 valence electrons. The van der Waals surface area contributed by atoms with Crippen molar-refractivity contribution in [3.63, 3.8) is 0 Å². The van der Waals surface area contributed by atoms with Crippen LogP contribution in [-0.4, -0.2) is 54.6 Å². The number of likely N-dealkylation sites (tertiary alicyclic amines) is 1. The van der Waals surface area contributed by atoms with Gasteiger partial charge in [-0.2, -0.15) is 0 Å². The maximum Gasteiger partial charge on any atom is 0.311 e. The highest BCUT2D eigenvalue weighted by Gasteiger charge is 2.20. The summed E-state index contributed by atoms with van der Waals surface area (Å²) < 4.78 is 0. The molecule has 0 saturated carbocycles. The van der Waals surface area contributed by atoms with Crippen molar-refractivity contribution >= 4 is 17.3 Å². The first-order chi connectivity index (χ1) is 10.1. The first-order valence-electron chi connectivity index (χ1n) is 7.44. The van der Waals surface area contributed by atoms with Crippen LogP contribution >= 0.6 is 0 Å². The third-order valence-corrected chi connectivity index (χ3v) is 3.72. The van der Waals surface area contributed by atoms with Crippen LogP contribution in [0.5, 0.6) is 0 Å². The normalized spacial score (nSPS) is 15.1. The van der Waals surface area contributed by atoms with Crippen molar-refractivity contribution in [2.45, 2.75) is 19.8 Å². The van der Waals surface area contributed by atoms with Crippen molar-refractivity contribution < 1.29 is 4.92 Å². The zero-order valence-corrected chi connectivity index (χ0v) is 12.7. The summed E-state index contributed by atoms with van der Waals surface area (Å²) in [5.41, 5.74) is 0.0561. The van der Waals surface area contributed by atoms with Gasteiger partial charge in [-0.15, -0.1) is 0 Å². The average molecular weight is 293 g/mol. The predicted molar refractivity (Wildman–Crippen MR) is 84.0 cm³/mol. The fraction of sp³-hybridized carbons (Fsp3) is 0.643. The summed E-state index contributed by atoms with van der Waals surface area (Å²) >= 11 is 0. The van der Waals surface area contributed by atoms with Crippen LogP contribution < -0.4 is 10.2 Å². The van der Waals surface area contributed by atoms with Gasteiger partial charge in [-0.3, -0.25) is 10.1 Å². The predicted octanol–water partition coefficient (Wildman–Crippen LogP) is 1.95. The molecule has 1 saturated heterocycles. The quantitative estimate of drug-likeness (QED) is 0.612. The van der Waals surface area contributed by atoms with Gasteiger partial charge in [0, 0.05) is 32.7 Å². The summed E-state index contributed by atoms with van der Waals surface area (Å²) in [6, 6.07) is 3.17. The van der Waals surface area contributed by atoms with Crippen molar-refractivity contribution in [2.75, 3.05) is 50.0 Å². The molecule has 2 rings (SSSR count). The molecule has 1 aliphatic heterocycles. The Kier molecular flexibility index (Phi) is 5.32. The lowest BCUT2D eigenvalue weighted by molar-refractivity contribution is -0.384. The van der Waals surface area contributed by atoms with E-state index in [2.05, 4.69) is 15.2 Å². The average Bonchev–Trinajstić information content (AvgIpc) is 2.98. The first-order valence-corrected chi connectivity index (χ1v) is 7.44. The summed E-state index contributed by atoms with van der Waals surface area (Å²) in [6.07, 6.45) is 2.50.